The molecule has 0 fully saturated rings. The Morgan fingerprint density at radius 1 is 1.46 bits per heavy atom. The molecule has 1 aromatic rings. The van der Waals surface area contributed by atoms with Gasteiger partial charge in [-0.25, -0.2) is 8.78 Å². The summed E-state index contributed by atoms with van der Waals surface area (Å²) < 4.78 is 30.1. The van der Waals surface area contributed by atoms with E-state index >= 15 is 0 Å². The van der Waals surface area contributed by atoms with E-state index in [1.54, 1.807) is 0 Å². The topological polar surface area (TPSA) is 26.3 Å². The normalized spacial score (nSPS) is 12.5. The lowest BCUT2D eigenvalue weighted by molar-refractivity contribution is -0.116. The molecule has 1 rings (SSSR count). The van der Waals surface area contributed by atoms with Gasteiger partial charge in [0.15, 0.2) is 6.29 Å². The first-order chi connectivity index (χ1) is 6.19. The summed E-state index contributed by atoms with van der Waals surface area (Å²) in [6.07, 6.45) is -0.517. The van der Waals surface area contributed by atoms with Gasteiger partial charge in [-0.1, -0.05) is 6.07 Å². The molecule has 1 aromatic carbocycles. The van der Waals surface area contributed by atoms with Crippen LogP contribution in [0.3, 0.4) is 0 Å². The third-order valence-electron chi connectivity index (χ3n) is 1.65. The van der Waals surface area contributed by atoms with Crippen LogP contribution in [0.2, 0.25) is 0 Å². The molecule has 1 unspecified atom stereocenters. The lowest BCUT2D eigenvalue weighted by atomic mass is 10.1. The van der Waals surface area contributed by atoms with Crippen LogP contribution in [-0.2, 0) is 9.53 Å². The molecule has 0 amide bonds. The molecule has 1 atom stereocenters. The van der Waals surface area contributed by atoms with E-state index in [0.717, 1.165) is 6.07 Å². The van der Waals surface area contributed by atoms with Crippen molar-refractivity contribution in [2.24, 2.45) is 0 Å². The Labute approximate surface area is 74.1 Å². The van der Waals surface area contributed by atoms with Gasteiger partial charge in [-0.15, -0.1) is 0 Å². The van der Waals surface area contributed by atoms with Crippen molar-refractivity contribution < 1.29 is 18.3 Å². The van der Waals surface area contributed by atoms with E-state index in [4.69, 9.17) is 0 Å². The van der Waals surface area contributed by atoms with Gasteiger partial charge in [0.1, 0.15) is 17.7 Å². The molecule has 70 valence electrons. The Balaban J connectivity index is 3.06. The Kier molecular flexibility index (Phi) is 3.08. The lowest BCUT2D eigenvalue weighted by Crippen LogP contribution is -2.05. The van der Waals surface area contributed by atoms with Gasteiger partial charge in [0.25, 0.3) is 0 Å². The largest absolute Gasteiger partial charge is 0.369 e. The zero-order valence-corrected chi connectivity index (χ0v) is 6.96. The summed E-state index contributed by atoms with van der Waals surface area (Å²) in [7, 11) is 1.28. The molecule has 0 saturated heterocycles. The molecule has 0 aliphatic carbocycles. The van der Waals surface area contributed by atoms with Crippen molar-refractivity contribution in [1.82, 2.24) is 0 Å². The Bertz CT molecular complexity index is 312. The first kappa shape index (κ1) is 9.80. The minimum Gasteiger partial charge on any atom is -0.369 e. The van der Waals surface area contributed by atoms with Crippen molar-refractivity contribution >= 4 is 6.29 Å². The number of methoxy groups -OCH3 is 1. The third-order valence-corrected chi connectivity index (χ3v) is 1.65. The van der Waals surface area contributed by atoms with Gasteiger partial charge in [-0.3, -0.25) is 0 Å². The van der Waals surface area contributed by atoms with E-state index in [9.17, 15) is 13.6 Å². The summed E-state index contributed by atoms with van der Waals surface area (Å²) in [5, 5.41) is 0. The van der Waals surface area contributed by atoms with Crippen LogP contribution in [0, 0.1) is 11.6 Å². The van der Waals surface area contributed by atoms with E-state index < -0.39 is 17.7 Å². The average Bonchev–Trinajstić information content (AvgIpc) is 2.10. The van der Waals surface area contributed by atoms with Crippen molar-refractivity contribution in [1.29, 1.82) is 0 Å². The van der Waals surface area contributed by atoms with Crippen LogP contribution in [-0.4, -0.2) is 13.4 Å². The molecule has 0 radical (unpaired) electrons. The molecule has 0 aliphatic heterocycles. The predicted octanol–water partition coefficient (Wildman–Crippen LogP) is 1.85. The molecule has 0 aliphatic rings. The number of rotatable bonds is 3. The minimum atomic E-state index is -0.972. The molecule has 13 heavy (non-hydrogen) atoms. The Hall–Kier alpha value is -1.29. The van der Waals surface area contributed by atoms with Gasteiger partial charge >= 0.3 is 0 Å². The second kappa shape index (κ2) is 4.09. The van der Waals surface area contributed by atoms with E-state index in [-0.39, 0.29) is 5.56 Å². The average molecular weight is 186 g/mol. The highest BCUT2D eigenvalue weighted by Gasteiger charge is 2.14. The van der Waals surface area contributed by atoms with Gasteiger partial charge in [0.2, 0.25) is 0 Å². The Morgan fingerprint density at radius 2 is 2.15 bits per heavy atom. The van der Waals surface area contributed by atoms with E-state index in [2.05, 4.69) is 4.74 Å². The number of carbonyl (C=O) groups excluding carboxylic acids is 1. The highest BCUT2D eigenvalue weighted by molar-refractivity contribution is 5.60. The van der Waals surface area contributed by atoms with Crippen LogP contribution in [0.15, 0.2) is 18.2 Å². The summed E-state index contributed by atoms with van der Waals surface area (Å²) in [6.45, 7) is 0. The van der Waals surface area contributed by atoms with Gasteiger partial charge < -0.3 is 9.53 Å². The number of benzene rings is 1. The molecule has 0 N–H and O–H groups in total. The first-order valence-electron chi connectivity index (χ1n) is 3.62. The number of hydrogen-bond donors (Lipinski definition) is 0. The smallest absolute Gasteiger partial charge is 0.153 e. The quantitative estimate of drug-likeness (QED) is 0.673. The zero-order valence-electron chi connectivity index (χ0n) is 6.96. The fourth-order valence-electron chi connectivity index (χ4n) is 0.988. The maximum atomic E-state index is 13.0. The van der Waals surface area contributed by atoms with Crippen molar-refractivity contribution in [2.75, 3.05) is 7.11 Å². The van der Waals surface area contributed by atoms with Crippen LogP contribution in [0.5, 0.6) is 0 Å². The molecule has 0 bridgehead atoms. The van der Waals surface area contributed by atoms with Crippen LogP contribution >= 0.6 is 0 Å². The molecular weight excluding hydrogens is 178 g/mol. The fourth-order valence-corrected chi connectivity index (χ4v) is 0.988. The van der Waals surface area contributed by atoms with Crippen molar-refractivity contribution in [3.8, 4) is 0 Å². The van der Waals surface area contributed by atoms with Gasteiger partial charge in [0, 0.05) is 18.7 Å². The second-order valence-electron chi connectivity index (χ2n) is 2.46. The van der Waals surface area contributed by atoms with Crippen LogP contribution < -0.4 is 0 Å². The first-order valence-corrected chi connectivity index (χ1v) is 3.62. The summed E-state index contributed by atoms with van der Waals surface area (Å²) >= 11 is 0. The molecule has 0 heterocycles. The molecule has 0 saturated carbocycles. The standard InChI is InChI=1S/C9H8F2O2/c1-13-9(5-12)7-3-2-6(10)4-8(7)11/h2-5,9H,1H3. The SMILES string of the molecule is COC(C=O)c1ccc(F)cc1F. The van der Waals surface area contributed by atoms with Crippen LogP contribution in [0.1, 0.15) is 11.7 Å². The zero-order chi connectivity index (χ0) is 9.84. The lowest BCUT2D eigenvalue weighted by Gasteiger charge is -2.08. The van der Waals surface area contributed by atoms with Gasteiger partial charge in [-0.2, -0.15) is 0 Å². The summed E-state index contributed by atoms with van der Waals surface area (Å²) in [4.78, 5) is 10.4. The van der Waals surface area contributed by atoms with Crippen molar-refractivity contribution in [3.63, 3.8) is 0 Å². The molecule has 2 nitrogen and oxygen atoms in total. The van der Waals surface area contributed by atoms with E-state index in [1.165, 1.54) is 13.2 Å². The van der Waals surface area contributed by atoms with Gasteiger partial charge in [0.05, 0.1) is 0 Å². The maximum Gasteiger partial charge on any atom is 0.153 e. The number of carbonyl (C=O) groups is 1. The predicted molar refractivity (Wildman–Crippen MR) is 42.2 cm³/mol. The fraction of sp³-hybridized carbons (Fsp3) is 0.222. The molecule has 0 aromatic heterocycles. The highest BCUT2D eigenvalue weighted by Crippen LogP contribution is 2.18. The number of aldehydes is 1. The number of ether oxygens (including phenoxy) is 1. The minimum absolute atomic E-state index is 0.0406. The maximum absolute atomic E-state index is 13.0. The molecular formula is C9H8F2O2. The van der Waals surface area contributed by atoms with Crippen molar-refractivity contribution in [2.45, 2.75) is 6.10 Å². The van der Waals surface area contributed by atoms with Gasteiger partial charge in [-0.05, 0) is 6.07 Å². The highest BCUT2D eigenvalue weighted by atomic mass is 19.1. The molecule has 0 spiro atoms. The summed E-state index contributed by atoms with van der Waals surface area (Å²) in [5.74, 6) is -1.46. The van der Waals surface area contributed by atoms with E-state index in [1.807, 2.05) is 0 Å². The summed E-state index contributed by atoms with van der Waals surface area (Å²) in [6, 6.07) is 2.98. The number of halogens is 2. The monoisotopic (exact) mass is 186 g/mol. The van der Waals surface area contributed by atoms with Crippen LogP contribution in [0.25, 0.3) is 0 Å². The third kappa shape index (κ3) is 2.09. The Morgan fingerprint density at radius 3 is 2.62 bits per heavy atom. The van der Waals surface area contributed by atoms with Crippen LogP contribution in [0.4, 0.5) is 8.78 Å². The number of hydrogen-bond acceptors (Lipinski definition) is 2. The van der Waals surface area contributed by atoms with E-state index in [0.29, 0.717) is 12.4 Å². The van der Waals surface area contributed by atoms with Crippen molar-refractivity contribution in [3.05, 3.63) is 35.4 Å². The molecule has 4 heteroatoms. The second-order valence-corrected chi connectivity index (χ2v) is 2.46. The summed E-state index contributed by atoms with van der Waals surface area (Å²) in [5.41, 5.74) is 0.0406.